The van der Waals surface area contributed by atoms with Gasteiger partial charge < -0.3 is 9.84 Å². The van der Waals surface area contributed by atoms with Crippen LogP contribution in [0.15, 0.2) is 18.2 Å². The fraction of sp³-hybridized carbons (Fsp3) is 0.625. The Labute approximate surface area is 142 Å². The second-order valence-electron chi connectivity index (χ2n) is 5.56. The van der Waals surface area contributed by atoms with Gasteiger partial charge in [-0.1, -0.05) is 29.3 Å². The molecule has 1 heterocycles. The van der Waals surface area contributed by atoms with Crippen LogP contribution in [0.1, 0.15) is 12.0 Å². The maximum Gasteiger partial charge on any atom is 0.0595 e. The summed E-state index contributed by atoms with van der Waals surface area (Å²) in [4.78, 5) is 4.68. The Morgan fingerprint density at radius 2 is 1.91 bits per heavy atom. The first-order valence-electron chi connectivity index (χ1n) is 7.76. The van der Waals surface area contributed by atoms with Crippen LogP contribution in [0.25, 0.3) is 0 Å². The van der Waals surface area contributed by atoms with E-state index in [-0.39, 0.29) is 6.61 Å². The molecular formula is C16H24Cl2N2O2. The largest absolute Gasteiger partial charge is 0.395 e. The van der Waals surface area contributed by atoms with Crippen LogP contribution in [0, 0.1) is 0 Å². The number of hydrogen-bond donors (Lipinski definition) is 1. The van der Waals surface area contributed by atoms with Gasteiger partial charge >= 0.3 is 0 Å². The van der Waals surface area contributed by atoms with Gasteiger partial charge in [0, 0.05) is 26.2 Å². The molecule has 1 aromatic carbocycles. The molecule has 1 N–H and O–H groups in total. The fourth-order valence-electron chi connectivity index (χ4n) is 2.65. The number of aliphatic hydroxyl groups excluding tert-OH is 1. The second kappa shape index (κ2) is 9.71. The first-order valence-corrected chi connectivity index (χ1v) is 8.52. The molecule has 0 saturated carbocycles. The van der Waals surface area contributed by atoms with Crippen molar-refractivity contribution in [2.45, 2.75) is 13.0 Å². The predicted molar refractivity (Wildman–Crippen MR) is 90.7 cm³/mol. The van der Waals surface area contributed by atoms with E-state index < -0.39 is 0 Å². The van der Waals surface area contributed by atoms with Crippen molar-refractivity contribution in [2.24, 2.45) is 0 Å². The molecule has 124 valence electrons. The molecule has 1 fully saturated rings. The molecule has 22 heavy (non-hydrogen) atoms. The van der Waals surface area contributed by atoms with Gasteiger partial charge in [-0.05, 0) is 37.2 Å². The zero-order valence-corrected chi connectivity index (χ0v) is 14.3. The van der Waals surface area contributed by atoms with E-state index in [0.717, 1.165) is 57.9 Å². The summed E-state index contributed by atoms with van der Waals surface area (Å²) in [6.45, 7) is 7.36. The van der Waals surface area contributed by atoms with Gasteiger partial charge in [0.2, 0.25) is 0 Å². The highest BCUT2D eigenvalue weighted by Crippen LogP contribution is 2.23. The SMILES string of the molecule is OCCN(CCCN1CCOCC1)Cc1ccc(Cl)c(Cl)c1. The zero-order valence-electron chi connectivity index (χ0n) is 12.8. The van der Waals surface area contributed by atoms with E-state index in [1.807, 2.05) is 18.2 Å². The minimum Gasteiger partial charge on any atom is -0.395 e. The molecule has 0 amide bonds. The van der Waals surface area contributed by atoms with E-state index in [9.17, 15) is 5.11 Å². The van der Waals surface area contributed by atoms with Crippen molar-refractivity contribution in [2.75, 3.05) is 52.5 Å². The van der Waals surface area contributed by atoms with Crippen molar-refractivity contribution in [3.05, 3.63) is 33.8 Å². The molecule has 1 aliphatic rings. The standard InChI is InChI=1S/C16H24Cl2N2O2/c17-15-3-2-14(12-16(15)18)13-20(6-9-21)5-1-4-19-7-10-22-11-8-19/h2-3,12,21H,1,4-11,13H2. The lowest BCUT2D eigenvalue weighted by Crippen LogP contribution is -2.38. The average Bonchev–Trinajstić information content (AvgIpc) is 2.52. The number of aliphatic hydroxyl groups is 1. The van der Waals surface area contributed by atoms with E-state index in [2.05, 4.69) is 9.80 Å². The van der Waals surface area contributed by atoms with Gasteiger partial charge in [0.1, 0.15) is 0 Å². The Morgan fingerprint density at radius 3 is 2.59 bits per heavy atom. The third-order valence-electron chi connectivity index (χ3n) is 3.86. The molecule has 0 aliphatic carbocycles. The van der Waals surface area contributed by atoms with Crippen LogP contribution in [0.3, 0.4) is 0 Å². The maximum absolute atomic E-state index is 9.25. The molecule has 0 radical (unpaired) electrons. The minimum atomic E-state index is 0.166. The Kier molecular flexibility index (Phi) is 7.94. The maximum atomic E-state index is 9.25. The molecule has 6 heteroatoms. The molecular weight excluding hydrogens is 323 g/mol. The van der Waals surface area contributed by atoms with Crippen LogP contribution in [0.2, 0.25) is 10.0 Å². The van der Waals surface area contributed by atoms with Crippen molar-refractivity contribution in [3.63, 3.8) is 0 Å². The molecule has 2 rings (SSSR count). The Balaban J connectivity index is 1.79. The van der Waals surface area contributed by atoms with Crippen molar-refractivity contribution in [3.8, 4) is 0 Å². The van der Waals surface area contributed by atoms with Gasteiger partial charge in [-0.2, -0.15) is 0 Å². The van der Waals surface area contributed by atoms with Crippen molar-refractivity contribution in [1.29, 1.82) is 0 Å². The van der Waals surface area contributed by atoms with Crippen LogP contribution < -0.4 is 0 Å². The number of benzene rings is 1. The summed E-state index contributed by atoms with van der Waals surface area (Å²) in [7, 11) is 0. The molecule has 0 atom stereocenters. The van der Waals surface area contributed by atoms with Gasteiger partial charge in [0.15, 0.2) is 0 Å². The summed E-state index contributed by atoms with van der Waals surface area (Å²) in [5.74, 6) is 0. The summed E-state index contributed by atoms with van der Waals surface area (Å²) in [6, 6.07) is 5.71. The smallest absolute Gasteiger partial charge is 0.0595 e. The number of morpholine rings is 1. The average molecular weight is 347 g/mol. The third-order valence-corrected chi connectivity index (χ3v) is 4.60. The number of ether oxygens (including phenoxy) is 1. The summed E-state index contributed by atoms with van der Waals surface area (Å²) in [5.41, 5.74) is 1.12. The number of nitrogens with zero attached hydrogens (tertiary/aromatic N) is 2. The van der Waals surface area contributed by atoms with Gasteiger partial charge in [-0.25, -0.2) is 0 Å². The van der Waals surface area contributed by atoms with E-state index in [1.165, 1.54) is 0 Å². The predicted octanol–water partition coefficient (Wildman–Crippen LogP) is 2.51. The van der Waals surface area contributed by atoms with E-state index >= 15 is 0 Å². The number of rotatable bonds is 8. The Bertz CT molecular complexity index is 454. The fourth-order valence-corrected chi connectivity index (χ4v) is 2.97. The van der Waals surface area contributed by atoms with Gasteiger partial charge in [-0.15, -0.1) is 0 Å². The number of hydrogen-bond acceptors (Lipinski definition) is 4. The summed E-state index contributed by atoms with van der Waals surface area (Å²) >= 11 is 12.0. The minimum absolute atomic E-state index is 0.166. The van der Waals surface area contributed by atoms with Crippen LogP contribution in [0.5, 0.6) is 0 Å². The van der Waals surface area contributed by atoms with Crippen LogP contribution in [-0.2, 0) is 11.3 Å². The lowest BCUT2D eigenvalue weighted by atomic mass is 10.2. The van der Waals surface area contributed by atoms with Gasteiger partial charge in [-0.3, -0.25) is 9.80 Å². The second-order valence-corrected chi connectivity index (χ2v) is 6.37. The van der Waals surface area contributed by atoms with Crippen molar-refractivity contribution >= 4 is 23.2 Å². The summed E-state index contributed by atoms with van der Waals surface area (Å²) in [6.07, 6.45) is 1.08. The summed E-state index contributed by atoms with van der Waals surface area (Å²) < 4.78 is 5.36. The van der Waals surface area contributed by atoms with E-state index in [4.69, 9.17) is 27.9 Å². The van der Waals surface area contributed by atoms with Crippen LogP contribution in [-0.4, -0.2) is 67.5 Å². The summed E-state index contributed by atoms with van der Waals surface area (Å²) in [5, 5.41) is 10.4. The van der Waals surface area contributed by atoms with Crippen LogP contribution in [0.4, 0.5) is 0 Å². The molecule has 1 saturated heterocycles. The highest BCUT2D eigenvalue weighted by molar-refractivity contribution is 6.42. The first-order chi connectivity index (χ1) is 10.7. The van der Waals surface area contributed by atoms with Crippen LogP contribution >= 0.6 is 23.2 Å². The molecule has 1 aliphatic heterocycles. The van der Waals surface area contributed by atoms with Crippen molar-refractivity contribution in [1.82, 2.24) is 9.80 Å². The first kappa shape index (κ1) is 18.0. The molecule has 4 nitrogen and oxygen atoms in total. The monoisotopic (exact) mass is 346 g/mol. The molecule has 0 unspecified atom stereocenters. The quantitative estimate of drug-likeness (QED) is 0.784. The number of halogens is 2. The molecule has 1 aromatic rings. The molecule has 0 bridgehead atoms. The van der Waals surface area contributed by atoms with E-state index in [1.54, 1.807) is 0 Å². The Hall–Kier alpha value is -0.360. The lowest BCUT2D eigenvalue weighted by Gasteiger charge is -2.28. The highest BCUT2D eigenvalue weighted by Gasteiger charge is 2.11. The lowest BCUT2D eigenvalue weighted by molar-refractivity contribution is 0.0357. The van der Waals surface area contributed by atoms with E-state index in [0.29, 0.717) is 16.6 Å². The normalized spacial score (nSPS) is 16.4. The van der Waals surface area contributed by atoms with Gasteiger partial charge in [0.25, 0.3) is 0 Å². The molecule has 0 aromatic heterocycles. The van der Waals surface area contributed by atoms with Gasteiger partial charge in [0.05, 0.1) is 29.9 Å². The molecule has 0 spiro atoms. The van der Waals surface area contributed by atoms with Crippen molar-refractivity contribution < 1.29 is 9.84 Å². The zero-order chi connectivity index (χ0) is 15.8. The topological polar surface area (TPSA) is 35.9 Å². The third kappa shape index (κ3) is 6.03. The Morgan fingerprint density at radius 1 is 1.14 bits per heavy atom. The highest BCUT2D eigenvalue weighted by atomic mass is 35.5.